The predicted molar refractivity (Wildman–Crippen MR) is 72.9 cm³/mol. The van der Waals surface area contributed by atoms with Crippen LogP contribution in [0.5, 0.6) is 0 Å². The second kappa shape index (κ2) is 5.07. The van der Waals surface area contributed by atoms with Crippen molar-refractivity contribution in [1.82, 2.24) is 5.43 Å². The number of rotatable bonds is 2. The highest BCUT2D eigenvalue weighted by molar-refractivity contribution is 7.80. The van der Waals surface area contributed by atoms with Crippen molar-refractivity contribution in [2.75, 3.05) is 0 Å². The Hall–Kier alpha value is -1.42. The molecule has 0 spiro atoms. The summed E-state index contributed by atoms with van der Waals surface area (Å²) in [6.07, 6.45) is 1.77. The zero-order valence-corrected chi connectivity index (χ0v) is 10.9. The van der Waals surface area contributed by atoms with E-state index in [-0.39, 0.29) is 5.11 Å². The summed E-state index contributed by atoms with van der Waals surface area (Å²) in [5, 5.41) is 4.18. The summed E-state index contributed by atoms with van der Waals surface area (Å²) in [4.78, 5) is 0. The standard InChI is InChI=1S/C12H17N3S/c1-7-5-8(2)10(4)11(9(7)3)6-14-15-12(13)16/h5-6H,1-4H3,(H3,13,15,16)/b14-6+. The highest BCUT2D eigenvalue weighted by atomic mass is 32.1. The average molecular weight is 235 g/mol. The van der Waals surface area contributed by atoms with Crippen molar-refractivity contribution in [3.63, 3.8) is 0 Å². The third kappa shape index (κ3) is 2.79. The van der Waals surface area contributed by atoms with Crippen LogP contribution in [0.15, 0.2) is 11.2 Å². The molecule has 1 rings (SSSR count). The van der Waals surface area contributed by atoms with Crippen LogP contribution < -0.4 is 11.2 Å². The van der Waals surface area contributed by atoms with Gasteiger partial charge in [0.25, 0.3) is 0 Å². The molecule has 0 aliphatic rings. The number of nitrogens with two attached hydrogens (primary N) is 1. The van der Waals surface area contributed by atoms with Crippen LogP contribution in [-0.4, -0.2) is 11.3 Å². The number of benzene rings is 1. The monoisotopic (exact) mass is 235 g/mol. The molecule has 0 bridgehead atoms. The molecule has 3 N–H and O–H groups in total. The van der Waals surface area contributed by atoms with E-state index in [0.29, 0.717) is 0 Å². The molecule has 0 aromatic heterocycles. The van der Waals surface area contributed by atoms with Crippen molar-refractivity contribution in [1.29, 1.82) is 0 Å². The molecule has 3 nitrogen and oxygen atoms in total. The maximum absolute atomic E-state index is 5.30. The summed E-state index contributed by atoms with van der Waals surface area (Å²) < 4.78 is 0. The number of hydrogen-bond acceptors (Lipinski definition) is 2. The van der Waals surface area contributed by atoms with E-state index >= 15 is 0 Å². The third-order valence-electron chi connectivity index (χ3n) is 2.79. The Labute approximate surface area is 102 Å². The van der Waals surface area contributed by atoms with Gasteiger partial charge in [-0.15, -0.1) is 0 Å². The minimum Gasteiger partial charge on any atom is -0.375 e. The zero-order valence-electron chi connectivity index (χ0n) is 10.1. The number of hydrazone groups is 1. The molecule has 0 saturated carbocycles. The fraction of sp³-hybridized carbons (Fsp3) is 0.333. The van der Waals surface area contributed by atoms with E-state index in [2.05, 4.69) is 56.5 Å². The topological polar surface area (TPSA) is 50.4 Å². The second-order valence-electron chi connectivity index (χ2n) is 3.91. The summed E-state index contributed by atoms with van der Waals surface area (Å²) in [6, 6.07) is 2.18. The Bertz CT molecular complexity index is 424. The van der Waals surface area contributed by atoms with Gasteiger partial charge in [-0.3, -0.25) is 5.43 Å². The maximum Gasteiger partial charge on any atom is 0.184 e. The summed E-state index contributed by atoms with van der Waals surface area (Å²) in [5.74, 6) is 0. The Kier molecular flexibility index (Phi) is 4.01. The highest BCUT2D eigenvalue weighted by Gasteiger charge is 2.05. The lowest BCUT2D eigenvalue weighted by molar-refractivity contribution is 1.04. The molecular weight excluding hydrogens is 218 g/mol. The van der Waals surface area contributed by atoms with Crippen molar-refractivity contribution in [2.45, 2.75) is 27.7 Å². The first-order valence-corrected chi connectivity index (χ1v) is 5.50. The lowest BCUT2D eigenvalue weighted by Gasteiger charge is -2.11. The van der Waals surface area contributed by atoms with E-state index in [4.69, 9.17) is 5.73 Å². The van der Waals surface area contributed by atoms with Gasteiger partial charge in [-0.1, -0.05) is 6.07 Å². The van der Waals surface area contributed by atoms with Crippen molar-refractivity contribution in [2.24, 2.45) is 10.8 Å². The van der Waals surface area contributed by atoms with Crippen LogP contribution >= 0.6 is 12.2 Å². The first kappa shape index (κ1) is 12.6. The molecule has 0 atom stereocenters. The number of aryl methyl sites for hydroxylation is 2. The summed E-state index contributed by atoms with van der Waals surface area (Å²) in [7, 11) is 0. The summed E-state index contributed by atoms with van der Waals surface area (Å²) >= 11 is 4.68. The summed E-state index contributed by atoms with van der Waals surface area (Å²) in [5.41, 5.74) is 14.0. The van der Waals surface area contributed by atoms with E-state index in [1.54, 1.807) is 6.21 Å². The lowest BCUT2D eigenvalue weighted by Crippen LogP contribution is -2.24. The van der Waals surface area contributed by atoms with Crippen molar-refractivity contribution >= 4 is 23.5 Å². The van der Waals surface area contributed by atoms with Crippen LogP contribution in [-0.2, 0) is 0 Å². The van der Waals surface area contributed by atoms with Crippen LogP contribution in [0.1, 0.15) is 27.8 Å². The molecule has 0 fully saturated rings. The largest absolute Gasteiger partial charge is 0.375 e. The quantitative estimate of drug-likeness (QED) is 0.469. The predicted octanol–water partition coefficient (Wildman–Crippen LogP) is 2.09. The molecule has 0 heterocycles. The molecule has 86 valence electrons. The first-order valence-electron chi connectivity index (χ1n) is 5.09. The van der Waals surface area contributed by atoms with Gasteiger partial charge < -0.3 is 5.73 Å². The number of thiocarbonyl (C=S) groups is 1. The van der Waals surface area contributed by atoms with E-state index in [1.807, 2.05) is 0 Å². The molecular formula is C12H17N3S. The van der Waals surface area contributed by atoms with Gasteiger partial charge in [0.1, 0.15) is 0 Å². The molecule has 0 aliphatic carbocycles. The van der Waals surface area contributed by atoms with Crippen molar-refractivity contribution in [3.8, 4) is 0 Å². The fourth-order valence-electron chi connectivity index (χ4n) is 1.60. The molecule has 0 unspecified atom stereocenters. The van der Waals surface area contributed by atoms with Gasteiger partial charge in [0.05, 0.1) is 6.21 Å². The first-order chi connectivity index (χ1) is 7.43. The van der Waals surface area contributed by atoms with Crippen LogP contribution in [0.4, 0.5) is 0 Å². The van der Waals surface area contributed by atoms with E-state index in [0.717, 1.165) is 5.56 Å². The minimum atomic E-state index is 0.177. The Morgan fingerprint density at radius 3 is 2.19 bits per heavy atom. The molecule has 4 heteroatoms. The average Bonchev–Trinajstić information content (AvgIpc) is 2.20. The molecule has 0 aliphatic heterocycles. The van der Waals surface area contributed by atoms with Gasteiger partial charge in [0.15, 0.2) is 5.11 Å². The van der Waals surface area contributed by atoms with Gasteiger partial charge in [0.2, 0.25) is 0 Å². The van der Waals surface area contributed by atoms with Gasteiger partial charge in [0, 0.05) is 5.56 Å². The molecule has 1 aromatic carbocycles. The normalized spacial score (nSPS) is 10.8. The van der Waals surface area contributed by atoms with Gasteiger partial charge in [-0.2, -0.15) is 5.10 Å². The third-order valence-corrected chi connectivity index (χ3v) is 2.88. The number of nitrogens with zero attached hydrogens (tertiary/aromatic N) is 1. The molecule has 0 radical (unpaired) electrons. The van der Waals surface area contributed by atoms with Gasteiger partial charge in [-0.05, 0) is 62.2 Å². The van der Waals surface area contributed by atoms with Crippen LogP contribution in [0.25, 0.3) is 0 Å². The van der Waals surface area contributed by atoms with E-state index < -0.39 is 0 Å². The van der Waals surface area contributed by atoms with Crippen LogP contribution in [0.2, 0.25) is 0 Å². The van der Waals surface area contributed by atoms with E-state index in [9.17, 15) is 0 Å². The molecule has 16 heavy (non-hydrogen) atoms. The van der Waals surface area contributed by atoms with E-state index in [1.165, 1.54) is 22.3 Å². The van der Waals surface area contributed by atoms with Crippen LogP contribution in [0, 0.1) is 27.7 Å². The number of hydrogen-bond donors (Lipinski definition) is 2. The molecule has 0 amide bonds. The van der Waals surface area contributed by atoms with Gasteiger partial charge in [-0.25, -0.2) is 0 Å². The van der Waals surface area contributed by atoms with Crippen LogP contribution in [0.3, 0.4) is 0 Å². The summed E-state index contributed by atoms with van der Waals surface area (Å²) in [6.45, 7) is 8.37. The maximum atomic E-state index is 5.30. The highest BCUT2D eigenvalue weighted by Crippen LogP contribution is 2.19. The Morgan fingerprint density at radius 2 is 1.75 bits per heavy atom. The van der Waals surface area contributed by atoms with Gasteiger partial charge >= 0.3 is 0 Å². The second-order valence-corrected chi connectivity index (χ2v) is 4.35. The molecule has 0 saturated heterocycles. The van der Waals surface area contributed by atoms with Crippen molar-refractivity contribution < 1.29 is 0 Å². The number of nitrogens with one attached hydrogen (secondary N) is 1. The smallest absolute Gasteiger partial charge is 0.184 e. The Morgan fingerprint density at radius 1 is 1.25 bits per heavy atom. The molecule has 1 aromatic rings. The Balaban J connectivity index is 3.12. The zero-order chi connectivity index (χ0) is 12.3. The van der Waals surface area contributed by atoms with Crippen molar-refractivity contribution in [3.05, 3.63) is 33.9 Å². The minimum absolute atomic E-state index is 0.177. The fourth-order valence-corrected chi connectivity index (χ4v) is 1.65. The lowest BCUT2D eigenvalue weighted by atomic mass is 9.95. The SMILES string of the molecule is Cc1cc(C)c(C)c(/C=N/NC(N)=S)c1C.